The van der Waals surface area contributed by atoms with E-state index < -0.39 is 19.9 Å². The lowest BCUT2D eigenvalue weighted by molar-refractivity contribution is -0.870. The number of hydrogen-bond donors (Lipinski definition) is 0. The Bertz CT molecular complexity index is 782. The number of carbonyl (C=O) groups excluding carboxylic acids is 1. The van der Waals surface area contributed by atoms with E-state index in [2.05, 4.69) is 61.6 Å². The predicted octanol–water partition coefficient (Wildman–Crippen LogP) is 5.28. The summed E-state index contributed by atoms with van der Waals surface area (Å²) in [4.78, 5) is 23.2. The van der Waals surface area contributed by atoms with Gasteiger partial charge in [0.2, 0.25) is 0 Å². The minimum absolute atomic E-state index is 0.00621. The summed E-state index contributed by atoms with van der Waals surface area (Å²) in [5, 5.41) is 0. The molecule has 0 saturated heterocycles. The zero-order valence-electron chi connectivity index (χ0n) is 23.4. The number of likely N-dealkylation sites (N-methyl/N-ethyl adjacent to an activating group) is 1. The number of phosphoric ester groups is 1. The van der Waals surface area contributed by atoms with E-state index in [1.165, 1.54) is 6.92 Å². The fourth-order valence-corrected chi connectivity index (χ4v) is 3.45. The standard InChI is InChI=1S/C28H48NO7P/c1-6-7-8-9-10-11-12-13-14-15-16-17-18-19-20-21-23-33-25-28(36-27(2)30)26-35-37(31,32)34-24-22-29(3,4)5/h7-8,10-11,13-14,16-17,19-20,28H,6,9,12,15,18,21-26H2,1-5H3/b8-7-,11-10-,14-13-,17-16-,20-19-. The van der Waals surface area contributed by atoms with Crippen LogP contribution in [0.5, 0.6) is 0 Å². The minimum Gasteiger partial charge on any atom is -0.756 e. The second-order valence-corrected chi connectivity index (χ2v) is 10.8. The van der Waals surface area contributed by atoms with Crippen LogP contribution < -0.4 is 4.89 Å². The van der Waals surface area contributed by atoms with Gasteiger partial charge in [-0.1, -0.05) is 67.7 Å². The van der Waals surface area contributed by atoms with Gasteiger partial charge in [-0.25, -0.2) is 0 Å². The number of hydrogen-bond acceptors (Lipinski definition) is 7. The number of nitrogens with zero attached hydrogens (tertiary/aromatic N) is 1. The Morgan fingerprint density at radius 3 is 1.81 bits per heavy atom. The molecule has 2 atom stereocenters. The van der Waals surface area contributed by atoms with Crippen molar-refractivity contribution in [3.8, 4) is 0 Å². The van der Waals surface area contributed by atoms with Crippen molar-refractivity contribution in [3.05, 3.63) is 60.8 Å². The Hall–Kier alpha value is -1.80. The molecular formula is C28H48NO7P. The number of phosphoric acid groups is 1. The molecule has 0 amide bonds. The van der Waals surface area contributed by atoms with Crippen molar-refractivity contribution in [2.75, 3.05) is 54.1 Å². The molecule has 0 saturated carbocycles. The highest BCUT2D eigenvalue weighted by Gasteiger charge is 2.19. The van der Waals surface area contributed by atoms with Crippen LogP contribution in [0.15, 0.2) is 60.8 Å². The summed E-state index contributed by atoms with van der Waals surface area (Å²) in [6.45, 7) is 3.98. The maximum Gasteiger partial charge on any atom is 0.303 e. The second-order valence-electron chi connectivity index (χ2n) is 9.39. The molecule has 0 aromatic carbocycles. The largest absolute Gasteiger partial charge is 0.756 e. The molecular weight excluding hydrogens is 493 g/mol. The Kier molecular flexibility index (Phi) is 21.1. The summed E-state index contributed by atoms with van der Waals surface area (Å²) in [7, 11) is 1.28. The lowest BCUT2D eigenvalue weighted by Gasteiger charge is -2.28. The fourth-order valence-electron chi connectivity index (χ4n) is 2.72. The Balaban J connectivity index is 4.04. The highest BCUT2D eigenvalue weighted by molar-refractivity contribution is 7.45. The van der Waals surface area contributed by atoms with Crippen molar-refractivity contribution >= 4 is 13.8 Å². The van der Waals surface area contributed by atoms with E-state index in [1.54, 1.807) is 0 Å². The van der Waals surface area contributed by atoms with Crippen LogP contribution in [0.25, 0.3) is 0 Å². The van der Waals surface area contributed by atoms with Crippen LogP contribution in [0.3, 0.4) is 0 Å². The summed E-state index contributed by atoms with van der Waals surface area (Å²) in [5.74, 6) is -0.540. The average Bonchev–Trinajstić information content (AvgIpc) is 2.80. The van der Waals surface area contributed by atoms with Crippen LogP contribution in [0.4, 0.5) is 0 Å². The molecule has 37 heavy (non-hydrogen) atoms. The molecule has 0 aromatic heterocycles. The van der Waals surface area contributed by atoms with Crippen molar-refractivity contribution in [1.82, 2.24) is 0 Å². The van der Waals surface area contributed by atoms with Crippen LogP contribution in [0.2, 0.25) is 0 Å². The summed E-state index contributed by atoms with van der Waals surface area (Å²) >= 11 is 0. The summed E-state index contributed by atoms with van der Waals surface area (Å²) in [6.07, 6.45) is 26.0. The molecule has 0 aliphatic carbocycles. The van der Waals surface area contributed by atoms with Crippen molar-refractivity contribution in [3.63, 3.8) is 0 Å². The number of carbonyl (C=O) groups is 1. The monoisotopic (exact) mass is 541 g/mol. The van der Waals surface area contributed by atoms with Gasteiger partial charge in [0, 0.05) is 6.92 Å². The van der Waals surface area contributed by atoms with Gasteiger partial charge in [-0.2, -0.15) is 0 Å². The van der Waals surface area contributed by atoms with E-state index in [9.17, 15) is 14.3 Å². The number of ether oxygens (including phenoxy) is 2. The first-order valence-corrected chi connectivity index (χ1v) is 14.4. The first-order valence-electron chi connectivity index (χ1n) is 13.0. The van der Waals surface area contributed by atoms with E-state index in [0.717, 1.165) is 32.1 Å². The number of rotatable bonds is 22. The van der Waals surface area contributed by atoms with Gasteiger partial charge in [-0.3, -0.25) is 9.36 Å². The third-order valence-corrected chi connectivity index (χ3v) is 5.62. The van der Waals surface area contributed by atoms with Gasteiger partial charge in [-0.15, -0.1) is 0 Å². The van der Waals surface area contributed by atoms with Crippen LogP contribution >= 0.6 is 7.82 Å². The molecule has 212 valence electrons. The molecule has 8 nitrogen and oxygen atoms in total. The van der Waals surface area contributed by atoms with E-state index >= 15 is 0 Å². The van der Waals surface area contributed by atoms with Crippen molar-refractivity contribution < 1.29 is 37.3 Å². The summed E-state index contributed by atoms with van der Waals surface area (Å²) < 4.78 is 32.8. The molecule has 0 heterocycles. The molecule has 9 heteroatoms. The third kappa shape index (κ3) is 27.1. The van der Waals surface area contributed by atoms with E-state index in [-0.39, 0.29) is 19.8 Å². The van der Waals surface area contributed by atoms with E-state index in [1.807, 2.05) is 27.2 Å². The molecule has 0 spiro atoms. The smallest absolute Gasteiger partial charge is 0.303 e. The highest BCUT2D eigenvalue weighted by Crippen LogP contribution is 2.38. The maximum absolute atomic E-state index is 11.9. The van der Waals surface area contributed by atoms with Gasteiger partial charge in [0.25, 0.3) is 7.82 Å². The molecule has 0 radical (unpaired) electrons. The van der Waals surface area contributed by atoms with E-state index in [0.29, 0.717) is 24.1 Å². The van der Waals surface area contributed by atoms with E-state index in [4.69, 9.17) is 18.5 Å². The zero-order valence-corrected chi connectivity index (χ0v) is 24.3. The minimum atomic E-state index is -4.49. The molecule has 0 aromatic rings. The fraction of sp³-hybridized carbons (Fsp3) is 0.607. The van der Waals surface area contributed by atoms with Crippen molar-refractivity contribution in [1.29, 1.82) is 0 Å². The Labute approximate surface area is 224 Å². The van der Waals surface area contributed by atoms with Crippen molar-refractivity contribution in [2.45, 2.75) is 58.5 Å². The molecule has 0 aliphatic rings. The maximum atomic E-state index is 11.9. The number of quaternary nitrogens is 1. The first kappa shape index (κ1) is 35.2. The molecule has 0 bridgehead atoms. The quantitative estimate of drug-likeness (QED) is 0.0605. The van der Waals surface area contributed by atoms with Crippen LogP contribution in [0, 0.1) is 0 Å². The lowest BCUT2D eigenvalue weighted by Crippen LogP contribution is -2.37. The van der Waals surface area contributed by atoms with Crippen molar-refractivity contribution in [2.24, 2.45) is 0 Å². The summed E-state index contributed by atoms with van der Waals surface area (Å²) in [5.41, 5.74) is 0. The van der Waals surface area contributed by atoms with Gasteiger partial charge in [0.1, 0.15) is 19.3 Å². The predicted molar refractivity (Wildman–Crippen MR) is 148 cm³/mol. The SMILES string of the molecule is CC/C=C\C/C=C\C/C=C\C/C=C\C/C=C\CCOCC(COP(=O)([O-])OCC[N+](C)(C)C)OC(C)=O. The first-order chi connectivity index (χ1) is 17.6. The molecule has 0 rings (SSSR count). The topological polar surface area (TPSA) is 94.1 Å². The Morgan fingerprint density at radius 2 is 1.32 bits per heavy atom. The number of esters is 1. The molecule has 2 unspecified atom stereocenters. The van der Waals surface area contributed by atoms with Crippen LogP contribution in [-0.2, 0) is 27.9 Å². The second kappa shape index (κ2) is 22.2. The average molecular weight is 542 g/mol. The van der Waals surface area contributed by atoms with Crippen LogP contribution in [-0.4, -0.2) is 70.7 Å². The van der Waals surface area contributed by atoms with Gasteiger partial charge in [0.15, 0.2) is 0 Å². The summed E-state index contributed by atoms with van der Waals surface area (Å²) in [6, 6.07) is 0. The molecule has 0 fully saturated rings. The van der Waals surface area contributed by atoms with Gasteiger partial charge in [0.05, 0.1) is 41.0 Å². The van der Waals surface area contributed by atoms with Gasteiger partial charge < -0.3 is 27.9 Å². The van der Waals surface area contributed by atoms with Gasteiger partial charge in [-0.05, 0) is 38.5 Å². The highest BCUT2D eigenvalue weighted by atomic mass is 31.2. The normalized spacial score (nSPS) is 15.5. The molecule has 0 N–H and O–H groups in total. The number of allylic oxidation sites excluding steroid dienone is 9. The van der Waals surface area contributed by atoms with Crippen LogP contribution in [0.1, 0.15) is 52.4 Å². The Morgan fingerprint density at radius 1 is 0.811 bits per heavy atom. The third-order valence-electron chi connectivity index (χ3n) is 4.65. The zero-order chi connectivity index (χ0) is 27.8. The lowest BCUT2D eigenvalue weighted by atomic mass is 10.2. The van der Waals surface area contributed by atoms with Gasteiger partial charge >= 0.3 is 5.97 Å². The molecule has 0 aliphatic heterocycles.